The molecule has 19 heavy (non-hydrogen) atoms. The van der Waals surface area contributed by atoms with E-state index in [-0.39, 0.29) is 16.8 Å². The molecule has 1 aromatic rings. The zero-order chi connectivity index (χ0) is 14.6. The molecule has 0 unspecified atom stereocenters. The minimum atomic E-state index is -3.51. The lowest BCUT2D eigenvalue weighted by atomic mass is 10.2. The number of nitrogens with one attached hydrogen (secondary N) is 1. The molecule has 1 aromatic carbocycles. The van der Waals surface area contributed by atoms with E-state index in [9.17, 15) is 13.2 Å². The third kappa shape index (κ3) is 3.78. The van der Waals surface area contributed by atoms with Crippen LogP contribution >= 0.6 is 0 Å². The maximum Gasteiger partial charge on any atom is 0.251 e. The number of hydrogen-bond donors (Lipinski definition) is 1. The number of nitrogens with zero attached hydrogens (tertiary/aromatic N) is 1. The van der Waals surface area contributed by atoms with Gasteiger partial charge in [-0.3, -0.25) is 4.79 Å². The second kappa shape index (κ2) is 6.16. The number of sulfonamides is 1. The van der Waals surface area contributed by atoms with Crippen LogP contribution in [0.5, 0.6) is 0 Å². The maximum absolute atomic E-state index is 12.0. The molecule has 0 aliphatic heterocycles. The Morgan fingerprint density at radius 3 is 2.53 bits per heavy atom. The van der Waals surface area contributed by atoms with Gasteiger partial charge in [-0.2, -0.15) is 0 Å². The van der Waals surface area contributed by atoms with Crippen molar-refractivity contribution in [2.75, 3.05) is 14.1 Å². The highest BCUT2D eigenvalue weighted by Crippen LogP contribution is 2.15. The lowest BCUT2D eigenvalue weighted by molar-refractivity contribution is 0.0939. The summed E-state index contributed by atoms with van der Waals surface area (Å²) in [6.45, 7) is 3.87. The molecule has 106 valence electrons. The molecular weight excluding hydrogens is 264 g/mol. The molecule has 0 heterocycles. The van der Waals surface area contributed by atoms with Gasteiger partial charge in [0.05, 0.1) is 4.90 Å². The zero-order valence-electron chi connectivity index (χ0n) is 11.7. The fourth-order valence-corrected chi connectivity index (χ4v) is 2.37. The third-order valence-corrected chi connectivity index (χ3v) is 4.68. The molecule has 0 aromatic heterocycles. The summed E-state index contributed by atoms with van der Waals surface area (Å²) in [6.07, 6.45) is 0.821. The summed E-state index contributed by atoms with van der Waals surface area (Å²) in [5, 5.41) is 2.81. The van der Waals surface area contributed by atoms with Gasteiger partial charge in [-0.1, -0.05) is 13.0 Å². The van der Waals surface area contributed by atoms with Crippen LogP contribution in [0.1, 0.15) is 30.6 Å². The minimum absolute atomic E-state index is 0.0570. The van der Waals surface area contributed by atoms with E-state index in [0.29, 0.717) is 5.56 Å². The van der Waals surface area contributed by atoms with Crippen LogP contribution in [-0.4, -0.2) is 38.8 Å². The summed E-state index contributed by atoms with van der Waals surface area (Å²) < 4.78 is 25.1. The van der Waals surface area contributed by atoms with Gasteiger partial charge in [-0.15, -0.1) is 0 Å². The number of hydrogen-bond acceptors (Lipinski definition) is 3. The monoisotopic (exact) mass is 284 g/mol. The van der Waals surface area contributed by atoms with Gasteiger partial charge >= 0.3 is 0 Å². The number of benzene rings is 1. The fraction of sp³-hybridized carbons (Fsp3) is 0.462. The Bertz CT molecular complexity index is 553. The topological polar surface area (TPSA) is 66.5 Å². The smallest absolute Gasteiger partial charge is 0.251 e. The molecule has 6 heteroatoms. The molecule has 5 nitrogen and oxygen atoms in total. The van der Waals surface area contributed by atoms with Crippen molar-refractivity contribution in [3.8, 4) is 0 Å². The van der Waals surface area contributed by atoms with Gasteiger partial charge in [0.15, 0.2) is 0 Å². The second-order valence-electron chi connectivity index (χ2n) is 4.60. The first-order valence-electron chi connectivity index (χ1n) is 6.12. The summed E-state index contributed by atoms with van der Waals surface area (Å²) in [5.74, 6) is -0.259. The Hall–Kier alpha value is -1.40. The fourth-order valence-electron chi connectivity index (χ4n) is 1.42. The lowest BCUT2D eigenvalue weighted by Crippen LogP contribution is -2.32. The SMILES string of the molecule is CC[C@@H](C)NC(=O)c1cccc(S(=O)(=O)N(C)C)c1. The van der Waals surface area contributed by atoms with Crippen molar-refractivity contribution in [3.63, 3.8) is 0 Å². The molecule has 1 atom stereocenters. The molecule has 0 aliphatic rings. The average Bonchev–Trinajstić information content (AvgIpc) is 2.38. The molecule has 1 amide bonds. The average molecular weight is 284 g/mol. The van der Waals surface area contributed by atoms with Gasteiger partial charge in [0.2, 0.25) is 10.0 Å². The van der Waals surface area contributed by atoms with Crippen LogP contribution in [0.4, 0.5) is 0 Å². The van der Waals surface area contributed by atoms with Crippen LogP contribution in [0.15, 0.2) is 29.2 Å². The van der Waals surface area contributed by atoms with Crippen LogP contribution in [0, 0.1) is 0 Å². The predicted molar refractivity (Wildman–Crippen MR) is 74.5 cm³/mol. The van der Waals surface area contributed by atoms with E-state index in [2.05, 4.69) is 5.32 Å². The van der Waals surface area contributed by atoms with Crippen molar-refractivity contribution in [3.05, 3.63) is 29.8 Å². The molecule has 1 N–H and O–H groups in total. The van der Waals surface area contributed by atoms with Gasteiger partial charge < -0.3 is 5.32 Å². The van der Waals surface area contributed by atoms with Crippen LogP contribution in [-0.2, 0) is 10.0 Å². The number of rotatable bonds is 5. The van der Waals surface area contributed by atoms with E-state index >= 15 is 0 Å². The summed E-state index contributed by atoms with van der Waals surface area (Å²) in [4.78, 5) is 12.1. The molecule has 0 fully saturated rings. The summed E-state index contributed by atoms with van der Waals surface area (Å²) in [7, 11) is -0.594. The summed E-state index contributed by atoms with van der Waals surface area (Å²) >= 11 is 0. The van der Waals surface area contributed by atoms with Gasteiger partial charge in [0.1, 0.15) is 0 Å². The highest BCUT2D eigenvalue weighted by Gasteiger charge is 2.18. The van der Waals surface area contributed by atoms with Crippen molar-refractivity contribution in [2.24, 2.45) is 0 Å². The Balaban J connectivity index is 3.05. The number of amides is 1. The number of carbonyl (C=O) groups is 1. The van der Waals surface area contributed by atoms with E-state index in [0.717, 1.165) is 10.7 Å². The normalized spacial score (nSPS) is 13.3. The molecule has 0 aliphatic carbocycles. The first-order chi connectivity index (χ1) is 8.78. The molecule has 1 rings (SSSR count). The van der Waals surface area contributed by atoms with E-state index in [1.807, 2.05) is 13.8 Å². The molecule has 0 radical (unpaired) electrons. The molecule has 0 saturated carbocycles. The van der Waals surface area contributed by atoms with Gasteiger partial charge in [0, 0.05) is 25.7 Å². The highest BCUT2D eigenvalue weighted by atomic mass is 32.2. The summed E-state index contributed by atoms with van der Waals surface area (Å²) in [5.41, 5.74) is 0.350. The van der Waals surface area contributed by atoms with Crippen molar-refractivity contribution in [1.29, 1.82) is 0 Å². The predicted octanol–water partition coefficient (Wildman–Crippen LogP) is 1.47. The van der Waals surface area contributed by atoms with Crippen LogP contribution in [0.25, 0.3) is 0 Å². The quantitative estimate of drug-likeness (QED) is 0.890. The Morgan fingerprint density at radius 2 is 2.00 bits per heavy atom. The maximum atomic E-state index is 12.0. The van der Waals surface area contributed by atoms with Crippen LogP contribution in [0.3, 0.4) is 0 Å². The first kappa shape index (κ1) is 15.7. The van der Waals surface area contributed by atoms with E-state index in [1.54, 1.807) is 12.1 Å². The largest absolute Gasteiger partial charge is 0.350 e. The molecule has 0 saturated heterocycles. The van der Waals surface area contributed by atoms with Crippen molar-refractivity contribution >= 4 is 15.9 Å². The van der Waals surface area contributed by atoms with E-state index in [1.165, 1.54) is 26.2 Å². The summed E-state index contributed by atoms with van der Waals surface area (Å²) in [6, 6.07) is 6.11. The standard InChI is InChI=1S/C13H20N2O3S/c1-5-10(2)14-13(16)11-7-6-8-12(9-11)19(17,18)15(3)4/h6-10H,5H2,1-4H3,(H,14,16)/t10-/m1/s1. The lowest BCUT2D eigenvalue weighted by Gasteiger charge is -2.14. The minimum Gasteiger partial charge on any atom is -0.350 e. The Labute approximate surface area is 114 Å². The molecule has 0 spiro atoms. The van der Waals surface area contributed by atoms with E-state index in [4.69, 9.17) is 0 Å². The molecular formula is C13H20N2O3S. The van der Waals surface area contributed by atoms with Crippen molar-refractivity contribution in [2.45, 2.75) is 31.2 Å². The van der Waals surface area contributed by atoms with Crippen LogP contribution in [0.2, 0.25) is 0 Å². The van der Waals surface area contributed by atoms with Gasteiger partial charge in [0.25, 0.3) is 5.91 Å². The third-order valence-electron chi connectivity index (χ3n) is 2.86. The van der Waals surface area contributed by atoms with E-state index < -0.39 is 10.0 Å². The van der Waals surface area contributed by atoms with Crippen LogP contribution < -0.4 is 5.32 Å². The van der Waals surface area contributed by atoms with Gasteiger partial charge in [-0.05, 0) is 31.5 Å². The molecule has 0 bridgehead atoms. The first-order valence-corrected chi connectivity index (χ1v) is 7.56. The zero-order valence-corrected chi connectivity index (χ0v) is 12.5. The van der Waals surface area contributed by atoms with Crippen molar-refractivity contribution < 1.29 is 13.2 Å². The number of carbonyl (C=O) groups excluding carboxylic acids is 1. The Kier molecular flexibility index (Phi) is 5.08. The van der Waals surface area contributed by atoms with Crippen molar-refractivity contribution in [1.82, 2.24) is 9.62 Å². The second-order valence-corrected chi connectivity index (χ2v) is 6.75. The van der Waals surface area contributed by atoms with Gasteiger partial charge in [-0.25, -0.2) is 12.7 Å². The Morgan fingerprint density at radius 1 is 1.37 bits per heavy atom. The highest BCUT2D eigenvalue weighted by molar-refractivity contribution is 7.89.